The third kappa shape index (κ3) is 5.12. The summed E-state index contributed by atoms with van der Waals surface area (Å²) in [4.78, 5) is 36.7. The van der Waals surface area contributed by atoms with Crippen molar-refractivity contribution in [2.45, 2.75) is 25.3 Å². The van der Waals surface area contributed by atoms with Crippen LogP contribution >= 0.6 is 11.3 Å². The van der Waals surface area contributed by atoms with Crippen LogP contribution in [-0.4, -0.2) is 54.0 Å². The zero-order chi connectivity index (χ0) is 23.3. The van der Waals surface area contributed by atoms with Crippen molar-refractivity contribution in [3.8, 4) is 28.4 Å². The predicted octanol–water partition coefficient (Wildman–Crippen LogP) is 2.16. The lowest BCUT2D eigenvalue weighted by atomic mass is 9.97. The number of piperidine rings is 1. The van der Waals surface area contributed by atoms with Gasteiger partial charge in [-0.3, -0.25) is 14.3 Å². The molecule has 0 spiro atoms. The van der Waals surface area contributed by atoms with Gasteiger partial charge in [0.25, 0.3) is 5.56 Å². The molecule has 4 aromatic heterocycles. The third-order valence-electron chi connectivity index (χ3n) is 5.65. The lowest BCUT2D eigenvalue weighted by Crippen LogP contribution is -2.35. The van der Waals surface area contributed by atoms with E-state index in [2.05, 4.69) is 36.7 Å². The smallest absolute Gasteiger partial charge is 0.251 e. The maximum absolute atomic E-state index is 12.3. The molecule has 0 radical (unpaired) electrons. The minimum absolute atomic E-state index is 0.107. The first-order valence-corrected chi connectivity index (χ1v) is 12.0. The van der Waals surface area contributed by atoms with Gasteiger partial charge in [0, 0.05) is 43.7 Å². The molecule has 4 aromatic rings. The summed E-state index contributed by atoms with van der Waals surface area (Å²) >= 11 is 1.59. The Balaban J connectivity index is 1.27. The Hall–Kier alpha value is -3.65. The second-order valence-corrected chi connectivity index (χ2v) is 9.07. The molecule has 5 rings (SSSR count). The second-order valence-electron chi connectivity index (χ2n) is 8.12. The van der Waals surface area contributed by atoms with Crippen molar-refractivity contribution < 1.29 is 0 Å². The van der Waals surface area contributed by atoms with Gasteiger partial charge in [-0.2, -0.15) is 0 Å². The summed E-state index contributed by atoms with van der Waals surface area (Å²) in [7, 11) is 0. The Labute approximate surface area is 200 Å². The van der Waals surface area contributed by atoms with Crippen LogP contribution < -0.4 is 11.3 Å². The molecule has 1 atom stereocenters. The summed E-state index contributed by atoms with van der Waals surface area (Å²) in [6.45, 7) is 2.80. The van der Waals surface area contributed by atoms with Crippen LogP contribution in [-0.2, 0) is 6.54 Å². The number of likely N-dealkylation sites (tertiary alicyclic amines) is 1. The molecule has 0 bridgehead atoms. The van der Waals surface area contributed by atoms with E-state index in [1.165, 1.54) is 0 Å². The van der Waals surface area contributed by atoms with E-state index in [1.807, 2.05) is 23.7 Å². The molecule has 10 heteroatoms. The van der Waals surface area contributed by atoms with Crippen molar-refractivity contribution in [1.29, 1.82) is 0 Å². The quantitative estimate of drug-likeness (QED) is 0.427. The Morgan fingerprint density at radius 3 is 2.94 bits per heavy atom. The number of hydrogen-bond donors (Lipinski definition) is 2. The summed E-state index contributed by atoms with van der Waals surface area (Å²) in [5.41, 5.74) is 7.70. The molecule has 1 aliphatic rings. The molecular weight excluding hydrogens is 448 g/mol. The molecule has 1 fully saturated rings. The number of nitrogens with one attached hydrogen (secondary N) is 1. The summed E-state index contributed by atoms with van der Waals surface area (Å²) in [5.74, 6) is 7.19. The summed E-state index contributed by atoms with van der Waals surface area (Å²) in [6, 6.07) is 5.53. The van der Waals surface area contributed by atoms with Gasteiger partial charge in [0.05, 0.1) is 28.4 Å². The molecule has 1 saturated heterocycles. The molecule has 0 aliphatic carbocycles. The molecule has 3 N–H and O–H groups in total. The monoisotopic (exact) mass is 472 g/mol. The van der Waals surface area contributed by atoms with E-state index in [4.69, 9.17) is 10.7 Å². The van der Waals surface area contributed by atoms with Crippen molar-refractivity contribution in [1.82, 2.24) is 34.4 Å². The molecule has 172 valence electrons. The van der Waals surface area contributed by atoms with Crippen LogP contribution in [0.15, 0.2) is 53.3 Å². The maximum Gasteiger partial charge on any atom is 0.251 e. The highest BCUT2D eigenvalue weighted by Gasteiger charge is 2.24. The van der Waals surface area contributed by atoms with Crippen molar-refractivity contribution in [3.63, 3.8) is 0 Å². The van der Waals surface area contributed by atoms with Crippen molar-refractivity contribution in [3.05, 3.63) is 75.9 Å². The normalized spacial score (nSPS) is 16.2. The van der Waals surface area contributed by atoms with E-state index in [0.717, 1.165) is 53.6 Å². The minimum Gasteiger partial charge on any atom is -0.320 e. The second kappa shape index (κ2) is 10.1. The van der Waals surface area contributed by atoms with Gasteiger partial charge in [-0.05, 0) is 30.8 Å². The number of H-pyrrole nitrogens is 1. The highest BCUT2D eigenvalue weighted by Crippen LogP contribution is 2.27. The van der Waals surface area contributed by atoms with Crippen LogP contribution in [0.1, 0.15) is 35.8 Å². The number of rotatable bonds is 5. The van der Waals surface area contributed by atoms with Gasteiger partial charge in [-0.15, -0.1) is 11.3 Å². The number of imidazole rings is 1. The van der Waals surface area contributed by atoms with Crippen LogP contribution in [0.4, 0.5) is 0 Å². The average Bonchev–Trinajstić information content (AvgIpc) is 3.56. The van der Waals surface area contributed by atoms with Crippen LogP contribution in [0, 0.1) is 11.8 Å². The van der Waals surface area contributed by atoms with Gasteiger partial charge in [0.2, 0.25) is 5.95 Å². The first-order chi connectivity index (χ1) is 16.7. The molecule has 1 aliphatic heterocycles. The van der Waals surface area contributed by atoms with Gasteiger partial charge in [-0.1, -0.05) is 17.9 Å². The van der Waals surface area contributed by atoms with E-state index in [0.29, 0.717) is 19.0 Å². The molecule has 5 heterocycles. The van der Waals surface area contributed by atoms with E-state index in [9.17, 15) is 4.79 Å². The third-order valence-corrected chi connectivity index (χ3v) is 6.54. The van der Waals surface area contributed by atoms with Crippen LogP contribution in [0.3, 0.4) is 0 Å². The largest absolute Gasteiger partial charge is 0.320 e. The number of aromatic nitrogens is 6. The van der Waals surface area contributed by atoms with Crippen molar-refractivity contribution >= 4 is 11.3 Å². The number of nitrogens with two attached hydrogens (primary N) is 1. The van der Waals surface area contributed by atoms with Gasteiger partial charge in [0.15, 0.2) is 0 Å². The zero-order valence-corrected chi connectivity index (χ0v) is 19.3. The predicted molar refractivity (Wildman–Crippen MR) is 131 cm³/mol. The summed E-state index contributed by atoms with van der Waals surface area (Å²) in [6.07, 6.45) is 9.06. The first-order valence-electron chi connectivity index (χ1n) is 11.1. The van der Waals surface area contributed by atoms with E-state index in [1.54, 1.807) is 40.7 Å². The zero-order valence-electron chi connectivity index (χ0n) is 18.5. The van der Waals surface area contributed by atoms with Gasteiger partial charge in [-0.25, -0.2) is 19.9 Å². The van der Waals surface area contributed by atoms with Crippen LogP contribution in [0.5, 0.6) is 0 Å². The van der Waals surface area contributed by atoms with Crippen molar-refractivity contribution in [2.75, 3.05) is 19.6 Å². The number of thiophene rings is 1. The topological polar surface area (TPSA) is 119 Å². The Kier molecular flexibility index (Phi) is 6.58. The van der Waals surface area contributed by atoms with Crippen LogP contribution in [0.2, 0.25) is 0 Å². The number of nitrogens with zero attached hydrogens (tertiary/aromatic N) is 6. The Bertz CT molecular complexity index is 1360. The summed E-state index contributed by atoms with van der Waals surface area (Å²) in [5, 5.41) is 1.99. The Morgan fingerprint density at radius 1 is 1.26 bits per heavy atom. The lowest BCUT2D eigenvalue weighted by molar-refractivity contribution is 0.194. The summed E-state index contributed by atoms with van der Waals surface area (Å²) < 4.78 is 1.81. The molecule has 0 saturated carbocycles. The fourth-order valence-electron chi connectivity index (χ4n) is 4.10. The Morgan fingerprint density at radius 2 is 2.15 bits per heavy atom. The van der Waals surface area contributed by atoms with Crippen molar-refractivity contribution in [2.24, 2.45) is 5.73 Å². The van der Waals surface area contributed by atoms with E-state index in [-0.39, 0.29) is 11.5 Å². The highest BCUT2D eigenvalue weighted by molar-refractivity contribution is 7.13. The fourth-order valence-corrected chi connectivity index (χ4v) is 4.78. The molecular formula is C24H24N8OS. The number of aromatic amines is 1. The molecule has 0 unspecified atom stereocenters. The average molecular weight is 473 g/mol. The standard InChI is InChI=1S/C24H24N8OS/c25-7-1-4-17-11-26-24(27-12-17)32-15-19(28-16-32)14-31-8-2-5-18(13-31)23-29-20(10-22(33)30-23)21-6-3-9-34-21/h3,6,9-12,15-16,18H,2,5,7-8,13-14,25H2,(H,29,30,33)/t18-/m0/s1. The maximum atomic E-state index is 12.3. The molecule has 34 heavy (non-hydrogen) atoms. The molecule has 9 nitrogen and oxygen atoms in total. The highest BCUT2D eigenvalue weighted by atomic mass is 32.1. The van der Waals surface area contributed by atoms with Crippen LogP contribution in [0.25, 0.3) is 16.5 Å². The van der Waals surface area contributed by atoms with E-state index < -0.39 is 0 Å². The first kappa shape index (κ1) is 22.2. The van der Waals surface area contributed by atoms with E-state index >= 15 is 0 Å². The van der Waals surface area contributed by atoms with Gasteiger partial charge < -0.3 is 10.7 Å². The van der Waals surface area contributed by atoms with Gasteiger partial charge in [0.1, 0.15) is 12.2 Å². The molecule has 0 aromatic carbocycles. The lowest BCUT2D eigenvalue weighted by Gasteiger charge is -2.31. The molecule has 0 amide bonds. The minimum atomic E-state index is -0.107. The SMILES string of the molecule is NCC#Cc1cnc(-n2cnc(CN3CCC[C@H](c4nc(-c5cccs5)cc(=O)[nH]4)C3)c2)nc1. The fraction of sp³-hybridized carbons (Fsp3) is 0.292. The number of hydrogen-bond acceptors (Lipinski definition) is 8. The van der Waals surface area contributed by atoms with Gasteiger partial charge >= 0.3 is 0 Å².